The standard InChI is InChI=1S/C24H24N2O5/c1-3-30-24(29)22-16(2)26-20(23(22)28)13-17-9-11-19(12-10-17)31-15-21(27)25-14-18-7-5-4-6-8-18/h4-13,28H,3,14-15H2,1-2H3,(H,25,27). The van der Waals surface area contributed by atoms with Crippen LogP contribution in [0.1, 0.15) is 25.0 Å². The predicted octanol–water partition coefficient (Wildman–Crippen LogP) is 3.57. The molecule has 0 unspecified atom stereocenters. The molecular formula is C24H24N2O5. The van der Waals surface area contributed by atoms with Crippen LogP contribution in [-0.2, 0) is 20.9 Å². The first-order chi connectivity index (χ1) is 15.0. The molecule has 1 aliphatic heterocycles. The monoisotopic (exact) mass is 420 g/mol. The molecule has 2 aromatic carbocycles. The average molecular weight is 420 g/mol. The van der Waals surface area contributed by atoms with E-state index in [1.807, 2.05) is 30.3 Å². The molecule has 3 rings (SSSR count). The van der Waals surface area contributed by atoms with Gasteiger partial charge in [-0.05, 0) is 43.2 Å². The first kappa shape index (κ1) is 21.8. The van der Waals surface area contributed by atoms with Crippen molar-refractivity contribution in [2.75, 3.05) is 13.2 Å². The molecule has 7 heteroatoms. The molecule has 2 N–H and O–H groups in total. The number of amides is 1. The fourth-order valence-electron chi connectivity index (χ4n) is 2.95. The Balaban J connectivity index is 1.56. The van der Waals surface area contributed by atoms with Crippen molar-refractivity contribution >= 4 is 23.7 Å². The summed E-state index contributed by atoms with van der Waals surface area (Å²) in [7, 11) is 0. The number of nitrogens with one attached hydrogen (secondary N) is 1. The van der Waals surface area contributed by atoms with Crippen LogP contribution < -0.4 is 10.1 Å². The number of hydrogen-bond donors (Lipinski definition) is 2. The minimum absolute atomic E-state index is 0.0783. The molecule has 0 bridgehead atoms. The zero-order valence-corrected chi connectivity index (χ0v) is 17.4. The Morgan fingerprint density at radius 2 is 1.81 bits per heavy atom. The molecule has 0 saturated heterocycles. The van der Waals surface area contributed by atoms with Gasteiger partial charge >= 0.3 is 5.97 Å². The summed E-state index contributed by atoms with van der Waals surface area (Å²) < 4.78 is 10.5. The van der Waals surface area contributed by atoms with Crippen molar-refractivity contribution in [1.29, 1.82) is 0 Å². The van der Waals surface area contributed by atoms with Gasteiger partial charge in [0.2, 0.25) is 0 Å². The summed E-state index contributed by atoms with van der Waals surface area (Å²) in [6.45, 7) is 3.91. The number of nitrogens with zero attached hydrogens (tertiary/aromatic N) is 1. The molecule has 2 aromatic rings. The Hall–Kier alpha value is -3.87. The maximum Gasteiger partial charge on any atom is 0.343 e. The second-order valence-electron chi connectivity index (χ2n) is 6.79. The summed E-state index contributed by atoms with van der Waals surface area (Å²) in [5.41, 5.74) is 2.54. The molecule has 1 amide bonds. The molecule has 0 aromatic heterocycles. The Morgan fingerprint density at radius 3 is 2.48 bits per heavy atom. The topological polar surface area (TPSA) is 97.2 Å². The smallest absolute Gasteiger partial charge is 0.343 e. The number of benzene rings is 2. The number of aliphatic hydroxyl groups is 1. The molecule has 0 spiro atoms. The zero-order chi connectivity index (χ0) is 22.2. The maximum atomic E-state index is 12.0. The summed E-state index contributed by atoms with van der Waals surface area (Å²) in [5.74, 6) is -0.479. The molecule has 0 atom stereocenters. The first-order valence-corrected chi connectivity index (χ1v) is 9.89. The molecular weight excluding hydrogens is 396 g/mol. The van der Waals surface area contributed by atoms with Crippen LogP contribution in [0.25, 0.3) is 6.08 Å². The van der Waals surface area contributed by atoms with E-state index in [9.17, 15) is 14.7 Å². The third-order valence-corrected chi connectivity index (χ3v) is 4.49. The van der Waals surface area contributed by atoms with E-state index >= 15 is 0 Å². The van der Waals surface area contributed by atoms with E-state index in [2.05, 4.69) is 10.3 Å². The van der Waals surface area contributed by atoms with Crippen molar-refractivity contribution in [2.24, 2.45) is 4.99 Å². The summed E-state index contributed by atoms with van der Waals surface area (Å²) >= 11 is 0. The third kappa shape index (κ3) is 5.82. The maximum absolute atomic E-state index is 12.0. The van der Waals surface area contributed by atoms with E-state index in [-0.39, 0.29) is 36.2 Å². The second-order valence-corrected chi connectivity index (χ2v) is 6.79. The molecule has 160 valence electrons. The number of esters is 1. The first-order valence-electron chi connectivity index (χ1n) is 9.89. The number of carbonyl (C=O) groups excluding carboxylic acids is 2. The van der Waals surface area contributed by atoms with Crippen LogP contribution in [0, 0.1) is 0 Å². The average Bonchev–Trinajstić information content (AvgIpc) is 3.05. The SMILES string of the molecule is CCOC(=O)C1=C(O)C(=Cc2ccc(OCC(=O)NCc3ccccc3)cc2)N=C1C. The van der Waals surface area contributed by atoms with E-state index in [1.54, 1.807) is 44.2 Å². The van der Waals surface area contributed by atoms with Gasteiger partial charge in [-0.15, -0.1) is 0 Å². The number of carbonyl (C=O) groups is 2. The minimum Gasteiger partial charge on any atom is -0.505 e. The van der Waals surface area contributed by atoms with Gasteiger partial charge in [0.25, 0.3) is 5.91 Å². The van der Waals surface area contributed by atoms with E-state index in [4.69, 9.17) is 9.47 Å². The predicted molar refractivity (Wildman–Crippen MR) is 118 cm³/mol. The van der Waals surface area contributed by atoms with Gasteiger partial charge < -0.3 is 19.9 Å². The summed E-state index contributed by atoms with van der Waals surface area (Å²) in [6.07, 6.45) is 1.65. The van der Waals surface area contributed by atoms with Gasteiger partial charge in [-0.2, -0.15) is 0 Å². The molecule has 0 saturated carbocycles. The number of aliphatic hydroxyl groups excluding tert-OH is 1. The molecule has 0 fully saturated rings. The van der Waals surface area contributed by atoms with Crippen molar-refractivity contribution in [1.82, 2.24) is 5.32 Å². The van der Waals surface area contributed by atoms with Crippen molar-refractivity contribution < 1.29 is 24.2 Å². The highest BCUT2D eigenvalue weighted by atomic mass is 16.5. The van der Waals surface area contributed by atoms with Crippen LogP contribution in [-0.4, -0.2) is 35.9 Å². The molecule has 7 nitrogen and oxygen atoms in total. The van der Waals surface area contributed by atoms with Crippen molar-refractivity contribution in [3.05, 3.63) is 82.8 Å². The number of ether oxygens (including phenoxy) is 2. The van der Waals surface area contributed by atoms with Crippen LogP contribution >= 0.6 is 0 Å². The van der Waals surface area contributed by atoms with Crippen LogP contribution in [0.5, 0.6) is 5.75 Å². The fourth-order valence-corrected chi connectivity index (χ4v) is 2.95. The van der Waals surface area contributed by atoms with E-state index < -0.39 is 5.97 Å². The second kappa shape index (κ2) is 10.2. The van der Waals surface area contributed by atoms with Crippen molar-refractivity contribution in [2.45, 2.75) is 20.4 Å². The van der Waals surface area contributed by atoms with Crippen LogP contribution in [0.4, 0.5) is 0 Å². The number of rotatable bonds is 8. The molecule has 1 heterocycles. The van der Waals surface area contributed by atoms with Gasteiger partial charge in [-0.1, -0.05) is 42.5 Å². The highest BCUT2D eigenvalue weighted by molar-refractivity contribution is 6.22. The number of aliphatic imine (C=N–C) groups is 1. The number of hydrogen-bond acceptors (Lipinski definition) is 6. The Bertz CT molecular complexity index is 1040. The third-order valence-electron chi connectivity index (χ3n) is 4.49. The van der Waals surface area contributed by atoms with Crippen LogP contribution in [0.2, 0.25) is 0 Å². The highest BCUT2D eigenvalue weighted by Crippen LogP contribution is 2.26. The fraction of sp³-hybridized carbons (Fsp3) is 0.208. The van der Waals surface area contributed by atoms with Gasteiger partial charge in [0, 0.05) is 6.54 Å². The Kier molecular flexibility index (Phi) is 7.22. The lowest BCUT2D eigenvalue weighted by Gasteiger charge is -2.08. The molecule has 0 radical (unpaired) electrons. The lowest BCUT2D eigenvalue weighted by atomic mass is 10.1. The summed E-state index contributed by atoms with van der Waals surface area (Å²) in [4.78, 5) is 28.2. The Labute approximate surface area is 180 Å². The van der Waals surface area contributed by atoms with Gasteiger partial charge in [0.05, 0.1) is 12.3 Å². The van der Waals surface area contributed by atoms with Gasteiger partial charge in [0.15, 0.2) is 12.4 Å². The molecule has 1 aliphatic rings. The van der Waals surface area contributed by atoms with Crippen molar-refractivity contribution in [3.63, 3.8) is 0 Å². The largest absolute Gasteiger partial charge is 0.505 e. The lowest BCUT2D eigenvalue weighted by molar-refractivity contribution is -0.138. The zero-order valence-electron chi connectivity index (χ0n) is 17.4. The highest BCUT2D eigenvalue weighted by Gasteiger charge is 2.27. The van der Waals surface area contributed by atoms with E-state index in [0.29, 0.717) is 18.0 Å². The quantitative estimate of drug-likeness (QED) is 0.637. The molecule has 31 heavy (non-hydrogen) atoms. The van der Waals surface area contributed by atoms with Crippen LogP contribution in [0.3, 0.4) is 0 Å². The molecule has 0 aliphatic carbocycles. The minimum atomic E-state index is -0.598. The summed E-state index contributed by atoms with van der Waals surface area (Å²) in [5, 5.41) is 13.1. The van der Waals surface area contributed by atoms with E-state index in [0.717, 1.165) is 11.1 Å². The normalized spacial score (nSPS) is 14.4. The van der Waals surface area contributed by atoms with Gasteiger partial charge in [-0.25, -0.2) is 9.79 Å². The summed E-state index contributed by atoms with van der Waals surface area (Å²) in [6, 6.07) is 16.6. The van der Waals surface area contributed by atoms with Crippen LogP contribution in [0.15, 0.2) is 76.6 Å². The lowest BCUT2D eigenvalue weighted by Crippen LogP contribution is -2.28. The van der Waals surface area contributed by atoms with E-state index in [1.165, 1.54) is 0 Å². The van der Waals surface area contributed by atoms with Gasteiger partial charge in [0.1, 0.15) is 17.0 Å². The van der Waals surface area contributed by atoms with Crippen molar-refractivity contribution in [3.8, 4) is 5.75 Å². The Morgan fingerprint density at radius 1 is 1.10 bits per heavy atom. The van der Waals surface area contributed by atoms with Gasteiger partial charge in [-0.3, -0.25) is 4.79 Å².